The number of allylic oxidation sites excluding steroid dienone is 1. The fraction of sp³-hybridized carbons (Fsp3) is 0.444. The summed E-state index contributed by atoms with van der Waals surface area (Å²) in [6.07, 6.45) is 9.10. The van der Waals surface area contributed by atoms with E-state index in [1.807, 2.05) is 12.4 Å². The van der Waals surface area contributed by atoms with Gasteiger partial charge in [0.05, 0.1) is 6.20 Å². The van der Waals surface area contributed by atoms with E-state index in [0.717, 1.165) is 17.9 Å². The lowest BCUT2D eigenvalue weighted by molar-refractivity contribution is 0.665. The Kier molecular flexibility index (Phi) is 2.90. The fourth-order valence-corrected chi connectivity index (χ4v) is 0.828. The summed E-state index contributed by atoms with van der Waals surface area (Å²) in [5.74, 6) is 0.734. The molecule has 0 unspecified atom stereocenters. The van der Waals surface area contributed by atoms with Crippen molar-refractivity contribution in [1.82, 2.24) is 10.2 Å². The molecule has 0 radical (unpaired) electrons. The van der Waals surface area contributed by atoms with Crippen LogP contribution in [0.3, 0.4) is 0 Å². The lowest BCUT2D eigenvalue weighted by Gasteiger charge is -1.94. The van der Waals surface area contributed by atoms with Crippen molar-refractivity contribution < 1.29 is 0 Å². The second kappa shape index (κ2) is 3.96. The molecule has 60 valence electrons. The van der Waals surface area contributed by atoms with Gasteiger partial charge in [-0.1, -0.05) is 26.0 Å². The lowest BCUT2D eigenvalue weighted by Crippen LogP contribution is -1.80. The van der Waals surface area contributed by atoms with Crippen LogP contribution in [0.25, 0.3) is 6.08 Å². The minimum absolute atomic E-state index is 0.734. The first-order valence-corrected chi connectivity index (χ1v) is 3.94. The molecule has 0 saturated carbocycles. The Balaban J connectivity index is 2.37. The highest BCUT2D eigenvalue weighted by Crippen LogP contribution is 2.03. The van der Waals surface area contributed by atoms with Crippen LogP contribution in [0.4, 0.5) is 0 Å². The van der Waals surface area contributed by atoms with E-state index in [4.69, 9.17) is 0 Å². The zero-order valence-electron chi connectivity index (χ0n) is 7.04. The molecule has 0 amide bonds. The van der Waals surface area contributed by atoms with Gasteiger partial charge in [-0.25, -0.2) is 0 Å². The van der Waals surface area contributed by atoms with Crippen molar-refractivity contribution >= 4 is 6.08 Å². The Morgan fingerprint density at radius 3 is 3.00 bits per heavy atom. The number of nitrogens with one attached hydrogen (secondary N) is 1. The van der Waals surface area contributed by atoms with E-state index in [2.05, 4.69) is 36.2 Å². The molecule has 1 N–H and O–H groups in total. The Morgan fingerprint density at radius 1 is 1.64 bits per heavy atom. The monoisotopic (exact) mass is 150 g/mol. The van der Waals surface area contributed by atoms with Crippen molar-refractivity contribution in [3.8, 4) is 0 Å². The van der Waals surface area contributed by atoms with Crippen molar-refractivity contribution in [2.75, 3.05) is 0 Å². The van der Waals surface area contributed by atoms with Gasteiger partial charge < -0.3 is 0 Å². The van der Waals surface area contributed by atoms with E-state index in [1.54, 1.807) is 0 Å². The Labute approximate surface area is 67.3 Å². The summed E-state index contributed by atoms with van der Waals surface area (Å²) in [5.41, 5.74) is 1.14. The highest BCUT2D eigenvalue weighted by atomic mass is 15.1. The molecule has 1 heterocycles. The molecule has 0 fully saturated rings. The maximum Gasteiger partial charge on any atom is 0.0559 e. The standard InChI is InChI=1S/C9H14N2/c1-8(2)4-3-5-9-6-10-11-7-9/h3,5-8H,4H2,1-2H3,(H,10,11)/b5-3+. The number of H-pyrrole nitrogens is 1. The van der Waals surface area contributed by atoms with Crippen LogP contribution in [0.1, 0.15) is 25.8 Å². The normalized spacial score (nSPS) is 11.5. The van der Waals surface area contributed by atoms with E-state index < -0.39 is 0 Å². The Bertz CT molecular complexity index is 209. The third kappa shape index (κ3) is 3.03. The van der Waals surface area contributed by atoms with Gasteiger partial charge in [0.1, 0.15) is 0 Å². The molecule has 1 aromatic rings. The van der Waals surface area contributed by atoms with Gasteiger partial charge in [-0.3, -0.25) is 5.10 Å². The quantitative estimate of drug-likeness (QED) is 0.704. The zero-order valence-corrected chi connectivity index (χ0v) is 7.04. The molecule has 0 aliphatic carbocycles. The first-order valence-electron chi connectivity index (χ1n) is 3.94. The number of rotatable bonds is 3. The van der Waals surface area contributed by atoms with Crippen LogP contribution in [0, 0.1) is 5.92 Å². The summed E-state index contributed by atoms with van der Waals surface area (Å²) in [6, 6.07) is 0. The number of nitrogens with zero attached hydrogens (tertiary/aromatic N) is 1. The predicted molar refractivity (Wildman–Crippen MR) is 47.1 cm³/mol. The summed E-state index contributed by atoms with van der Waals surface area (Å²) < 4.78 is 0. The van der Waals surface area contributed by atoms with Gasteiger partial charge in [0, 0.05) is 11.8 Å². The van der Waals surface area contributed by atoms with E-state index in [9.17, 15) is 0 Å². The van der Waals surface area contributed by atoms with Gasteiger partial charge >= 0.3 is 0 Å². The number of hydrogen-bond acceptors (Lipinski definition) is 1. The van der Waals surface area contributed by atoms with Crippen LogP contribution in [-0.4, -0.2) is 10.2 Å². The first-order chi connectivity index (χ1) is 5.29. The van der Waals surface area contributed by atoms with Crippen molar-refractivity contribution in [2.45, 2.75) is 20.3 Å². The lowest BCUT2D eigenvalue weighted by atomic mass is 10.1. The third-order valence-electron chi connectivity index (χ3n) is 1.44. The number of aromatic amines is 1. The second-order valence-electron chi connectivity index (χ2n) is 3.06. The molecule has 0 aromatic carbocycles. The Hall–Kier alpha value is -1.05. The smallest absolute Gasteiger partial charge is 0.0559 e. The molecule has 0 spiro atoms. The second-order valence-corrected chi connectivity index (χ2v) is 3.06. The van der Waals surface area contributed by atoms with Gasteiger partial charge in [-0.15, -0.1) is 0 Å². The van der Waals surface area contributed by atoms with Gasteiger partial charge in [0.2, 0.25) is 0 Å². The van der Waals surface area contributed by atoms with Gasteiger partial charge in [0.15, 0.2) is 0 Å². The van der Waals surface area contributed by atoms with Crippen LogP contribution in [0.15, 0.2) is 18.5 Å². The fourth-order valence-electron chi connectivity index (χ4n) is 0.828. The summed E-state index contributed by atoms with van der Waals surface area (Å²) in [7, 11) is 0. The van der Waals surface area contributed by atoms with Crippen LogP contribution in [0.2, 0.25) is 0 Å². The molecule has 11 heavy (non-hydrogen) atoms. The molecule has 0 atom stereocenters. The maximum atomic E-state index is 3.84. The van der Waals surface area contributed by atoms with Gasteiger partial charge in [-0.05, 0) is 12.3 Å². The molecule has 1 aromatic heterocycles. The van der Waals surface area contributed by atoms with Crippen LogP contribution in [0.5, 0.6) is 0 Å². The number of aromatic nitrogens is 2. The average molecular weight is 150 g/mol. The zero-order chi connectivity index (χ0) is 8.10. The van der Waals surface area contributed by atoms with E-state index >= 15 is 0 Å². The maximum absolute atomic E-state index is 3.84. The number of hydrogen-bond donors (Lipinski definition) is 1. The minimum Gasteiger partial charge on any atom is -0.285 e. The molecule has 0 aliphatic heterocycles. The van der Waals surface area contributed by atoms with Crippen molar-refractivity contribution in [2.24, 2.45) is 5.92 Å². The van der Waals surface area contributed by atoms with E-state index in [1.165, 1.54) is 0 Å². The van der Waals surface area contributed by atoms with Crippen LogP contribution in [-0.2, 0) is 0 Å². The van der Waals surface area contributed by atoms with Crippen molar-refractivity contribution in [1.29, 1.82) is 0 Å². The first kappa shape index (κ1) is 8.05. The molecular weight excluding hydrogens is 136 g/mol. The summed E-state index contributed by atoms with van der Waals surface area (Å²) in [4.78, 5) is 0. The van der Waals surface area contributed by atoms with Crippen molar-refractivity contribution in [3.63, 3.8) is 0 Å². The summed E-state index contributed by atoms with van der Waals surface area (Å²) >= 11 is 0. The molecular formula is C9H14N2. The molecule has 0 bridgehead atoms. The molecule has 2 nitrogen and oxygen atoms in total. The average Bonchev–Trinajstić information content (AvgIpc) is 2.39. The van der Waals surface area contributed by atoms with Crippen LogP contribution >= 0.6 is 0 Å². The third-order valence-corrected chi connectivity index (χ3v) is 1.44. The molecule has 0 saturated heterocycles. The molecule has 0 aliphatic rings. The van der Waals surface area contributed by atoms with Crippen molar-refractivity contribution in [3.05, 3.63) is 24.0 Å². The topological polar surface area (TPSA) is 28.7 Å². The largest absolute Gasteiger partial charge is 0.285 e. The summed E-state index contributed by atoms with van der Waals surface area (Å²) in [6.45, 7) is 4.42. The predicted octanol–water partition coefficient (Wildman–Crippen LogP) is 2.47. The molecule has 1 rings (SSSR count). The minimum atomic E-state index is 0.734. The van der Waals surface area contributed by atoms with E-state index in [0.29, 0.717) is 0 Å². The SMILES string of the molecule is CC(C)C/C=C/c1cn[nH]c1. The van der Waals surface area contributed by atoms with Gasteiger partial charge in [0.25, 0.3) is 0 Å². The van der Waals surface area contributed by atoms with Crippen LogP contribution < -0.4 is 0 Å². The molecule has 2 heteroatoms. The Morgan fingerprint density at radius 2 is 2.45 bits per heavy atom. The summed E-state index contributed by atoms with van der Waals surface area (Å²) in [5, 5.41) is 6.61. The van der Waals surface area contributed by atoms with Gasteiger partial charge in [-0.2, -0.15) is 5.10 Å². The highest BCUT2D eigenvalue weighted by Gasteiger charge is 1.88. The highest BCUT2D eigenvalue weighted by molar-refractivity contribution is 5.46. The van der Waals surface area contributed by atoms with E-state index in [-0.39, 0.29) is 0 Å².